The molecule has 0 spiro atoms. The number of benzene rings is 3. The van der Waals surface area contributed by atoms with Gasteiger partial charge in [0.2, 0.25) is 0 Å². The van der Waals surface area contributed by atoms with E-state index in [0.717, 1.165) is 0 Å². The summed E-state index contributed by atoms with van der Waals surface area (Å²) < 4.78 is 219. The van der Waals surface area contributed by atoms with E-state index in [4.69, 9.17) is 0 Å². The first kappa shape index (κ1) is 34.5. The molecule has 3 aromatic rings. The third kappa shape index (κ3) is 5.22. The van der Waals surface area contributed by atoms with Crippen molar-refractivity contribution in [1.82, 2.24) is 0 Å². The van der Waals surface area contributed by atoms with Crippen LogP contribution in [0.5, 0.6) is 0 Å². The zero-order valence-corrected chi connectivity index (χ0v) is 20.8. The second-order valence-corrected chi connectivity index (χ2v) is 8.85. The molecule has 0 amide bonds. The second kappa shape index (κ2) is 12.6. The van der Waals surface area contributed by atoms with Crippen molar-refractivity contribution in [1.29, 1.82) is 0 Å². The molecule has 0 aromatic heterocycles. The minimum absolute atomic E-state index is 0. The Morgan fingerprint density at radius 2 is 0.561 bits per heavy atom. The molecule has 0 unspecified atom stereocenters. The van der Waals surface area contributed by atoms with Gasteiger partial charge in [-0.25, -0.2) is 65.9 Å². The molecule has 0 nitrogen and oxygen atoms in total. The second-order valence-electron chi connectivity index (χ2n) is 8.85. The number of rotatable bonds is 8. The monoisotopic (exact) mass is 604 g/mol. The van der Waals surface area contributed by atoms with Gasteiger partial charge in [-0.15, -0.1) is 16.4 Å². The molecule has 17 heteroatoms. The quantitative estimate of drug-likeness (QED) is 0.121. The fraction of sp³-hybridized carbons (Fsp3) is 0.250. The smallest absolute Gasteiger partial charge is 0.207 e. The molecule has 3 aromatic carbocycles. The van der Waals surface area contributed by atoms with Gasteiger partial charge in [0.1, 0.15) is 41.0 Å². The molecule has 0 saturated heterocycles. The molecule has 0 radical (unpaired) electrons. The van der Waals surface area contributed by atoms with Gasteiger partial charge >= 0.3 is 18.9 Å². The van der Waals surface area contributed by atoms with E-state index < -0.39 is 123 Å². The van der Waals surface area contributed by atoms with Gasteiger partial charge in [-0.1, -0.05) is 32.6 Å². The van der Waals surface area contributed by atoms with Gasteiger partial charge in [0, 0.05) is 0 Å². The number of halogens is 15. The summed E-state index contributed by atoms with van der Waals surface area (Å²) in [5.74, 6) is -44.6. The summed E-state index contributed by atoms with van der Waals surface area (Å²) in [6.07, 6.45) is -7.58. The summed E-state index contributed by atoms with van der Waals surface area (Å²) in [4.78, 5) is 0. The Morgan fingerprint density at radius 3 is 0.780 bits per heavy atom. The zero-order chi connectivity index (χ0) is 30.4. The molecule has 41 heavy (non-hydrogen) atoms. The first-order valence-electron chi connectivity index (χ1n) is 11.3. The molecule has 0 fully saturated rings. The van der Waals surface area contributed by atoms with Crippen LogP contribution in [0.25, 0.3) is 0 Å². The van der Waals surface area contributed by atoms with Crippen LogP contribution < -0.4 is 35.2 Å². The van der Waals surface area contributed by atoms with Crippen LogP contribution in [0.4, 0.5) is 65.9 Å². The van der Waals surface area contributed by atoms with Crippen LogP contribution in [0.1, 0.15) is 32.6 Å². The molecule has 0 aliphatic rings. The summed E-state index contributed by atoms with van der Waals surface area (Å²) in [5, 5.41) is 0. The van der Waals surface area contributed by atoms with Crippen molar-refractivity contribution in [2.45, 2.75) is 38.9 Å². The van der Waals surface area contributed by atoms with Crippen LogP contribution in [0.2, 0.25) is 6.32 Å². The topological polar surface area (TPSA) is 0 Å². The number of unbranched alkanes of at least 4 members (excludes halogenated alkanes) is 3. The Labute approximate surface area is 233 Å². The summed E-state index contributed by atoms with van der Waals surface area (Å²) in [5.41, 5.74) is -7.67. The molecule has 218 valence electrons. The van der Waals surface area contributed by atoms with Crippen LogP contribution >= 0.6 is 0 Å². The van der Waals surface area contributed by atoms with Crippen LogP contribution in [0, 0.1) is 87.3 Å². The van der Waals surface area contributed by atoms with Crippen LogP contribution in [-0.4, -0.2) is 6.15 Å². The SMILES string of the molecule is CCCCCC[B-](c1c(F)c(F)c(F)c(F)c1F)(c1c(F)c(F)c(F)c(F)c1F)c1c(F)c(F)c(F)c(F)c1F.[Li+]. The van der Waals surface area contributed by atoms with E-state index >= 15 is 26.3 Å². The van der Waals surface area contributed by atoms with Crippen LogP contribution in [0.15, 0.2) is 0 Å². The number of hydrogen-bond donors (Lipinski definition) is 0. The van der Waals surface area contributed by atoms with Gasteiger partial charge < -0.3 is 0 Å². The predicted octanol–water partition coefficient (Wildman–Crippen LogP) is 3.83. The van der Waals surface area contributed by atoms with E-state index in [0.29, 0.717) is 6.42 Å². The maximum absolute atomic E-state index is 15.2. The Morgan fingerprint density at radius 1 is 0.341 bits per heavy atom. The third-order valence-corrected chi connectivity index (χ3v) is 6.70. The molecule has 0 aliphatic carbocycles. The van der Waals surface area contributed by atoms with Gasteiger partial charge in [0.15, 0.2) is 52.4 Å². The van der Waals surface area contributed by atoms with Gasteiger partial charge in [0.25, 0.3) is 0 Å². The molecular weight excluding hydrogens is 591 g/mol. The molecule has 0 aliphatic heterocycles. The largest absolute Gasteiger partial charge is 1.00 e. The van der Waals surface area contributed by atoms with E-state index in [1.54, 1.807) is 6.92 Å². The third-order valence-electron chi connectivity index (χ3n) is 6.70. The molecule has 0 N–H and O–H groups in total. The zero-order valence-electron chi connectivity index (χ0n) is 20.8. The molecule has 0 atom stereocenters. The molecule has 0 bridgehead atoms. The average Bonchev–Trinajstić information content (AvgIpc) is 2.93. The van der Waals surface area contributed by atoms with Crippen LogP contribution in [0.3, 0.4) is 0 Å². The van der Waals surface area contributed by atoms with Gasteiger partial charge in [0.05, 0.1) is 0 Å². The Bertz CT molecular complexity index is 1250. The standard InChI is InChI=1S/C24H13BF15.Li/c1-2-3-4-5-6-25(7-10(26)16(32)22(38)17(33)11(7)27,8-12(28)18(34)23(39)19(35)13(8)29)9-14(30)20(36)24(40)21(37)15(9)31;/h2-6H2,1H3;/q-1;+1. The molecule has 3 rings (SSSR count). The Kier molecular flexibility index (Phi) is 10.6. The summed E-state index contributed by atoms with van der Waals surface area (Å²) in [6, 6.07) is 0. The van der Waals surface area contributed by atoms with Crippen molar-refractivity contribution >= 4 is 22.5 Å². The minimum atomic E-state index is -5.43. The molecule has 0 heterocycles. The summed E-state index contributed by atoms with van der Waals surface area (Å²) in [6.45, 7) is 1.55. The van der Waals surface area contributed by atoms with Crippen molar-refractivity contribution in [2.24, 2.45) is 0 Å². The maximum Gasteiger partial charge on any atom is 1.00 e. The number of hydrogen-bond acceptors (Lipinski definition) is 0. The van der Waals surface area contributed by atoms with E-state index in [2.05, 4.69) is 0 Å². The van der Waals surface area contributed by atoms with E-state index in [1.807, 2.05) is 0 Å². The van der Waals surface area contributed by atoms with Crippen molar-refractivity contribution in [3.63, 3.8) is 0 Å². The summed E-state index contributed by atoms with van der Waals surface area (Å²) >= 11 is 0. The molecule has 0 saturated carbocycles. The minimum Gasteiger partial charge on any atom is -0.207 e. The van der Waals surface area contributed by atoms with Gasteiger partial charge in [-0.3, -0.25) is 0 Å². The predicted molar refractivity (Wildman–Crippen MR) is 112 cm³/mol. The maximum atomic E-state index is 15.2. The normalized spacial score (nSPS) is 11.7. The Balaban J connectivity index is 0.00000588. The van der Waals surface area contributed by atoms with E-state index in [1.165, 1.54) is 0 Å². The van der Waals surface area contributed by atoms with Gasteiger partial charge in [-0.2, -0.15) is 6.32 Å². The van der Waals surface area contributed by atoms with Crippen molar-refractivity contribution < 1.29 is 84.7 Å². The first-order chi connectivity index (χ1) is 18.6. The average molecular weight is 604 g/mol. The molecular formula is C24H13BF15Li. The van der Waals surface area contributed by atoms with Gasteiger partial charge in [-0.05, 0) is 0 Å². The fourth-order valence-corrected chi connectivity index (χ4v) is 4.91. The fourth-order valence-electron chi connectivity index (χ4n) is 4.91. The van der Waals surface area contributed by atoms with Crippen LogP contribution in [-0.2, 0) is 0 Å². The Hall–Kier alpha value is -2.73. The van der Waals surface area contributed by atoms with Crippen molar-refractivity contribution in [3.8, 4) is 0 Å². The van der Waals surface area contributed by atoms with E-state index in [9.17, 15) is 39.5 Å². The first-order valence-corrected chi connectivity index (χ1v) is 11.3. The summed E-state index contributed by atoms with van der Waals surface area (Å²) in [7, 11) is 0. The van der Waals surface area contributed by atoms with Crippen molar-refractivity contribution in [2.75, 3.05) is 0 Å². The van der Waals surface area contributed by atoms with Crippen molar-refractivity contribution in [3.05, 3.63) is 87.3 Å². The van der Waals surface area contributed by atoms with E-state index in [-0.39, 0.29) is 31.7 Å².